The van der Waals surface area contributed by atoms with E-state index in [-0.39, 0.29) is 18.3 Å². The maximum atomic E-state index is 12.4. The van der Waals surface area contributed by atoms with Crippen molar-refractivity contribution in [3.05, 3.63) is 101 Å². The Bertz CT molecular complexity index is 1060. The van der Waals surface area contributed by atoms with Crippen molar-refractivity contribution in [3.63, 3.8) is 0 Å². The fraction of sp³-hybridized carbons (Fsp3) is 0.367. The zero-order valence-corrected chi connectivity index (χ0v) is 21.1. The molecule has 0 heterocycles. The summed E-state index contributed by atoms with van der Waals surface area (Å²) in [4.78, 5) is 14.8. The Kier molecular flexibility index (Phi) is 9.47. The van der Waals surface area contributed by atoms with E-state index in [1.165, 1.54) is 0 Å². The highest BCUT2D eigenvalue weighted by molar-refractivity contribution is 5.76. The normalized spacial score (nSPS) is 13.3. The second-order valence-electron chi connectivity index (χ2n) is 9.49. The summed E-state index contributed by atoms with van der Waals surface area (Å²) in [5, 5.41) is 21.1. The van der Waals surface area contributed by atoms with Gasteiger partial charge in [-0.25, -0.2) is 4.79 Å². The van der Waals surface area contributed by atoms with Gasteiger partial charge in [0.05, 0.1) is 0 Å². The Morgan fingerprint density at radius 2 is 1.43 bits per heavy atom. The maximum Gasteiger partial charge on any atom is 0.339 e. The Balaban J connectivity index is 1.80. The summed E-state index contributed by atoms with van der Waals surface area (Å²) in [6, 6.07) is 25.1. The number of benzene rings is 3. The molecule has 3 aromatic rings. The Labute approximate surface area is 209 Å². The Morgan fingerprint density at radius 1 is 0.857 bits per heavy atom. The lowest BCUT2D eigenvalue weighted by Crippen LogP contribution is -2.38. The molecule has 3 rings (SSSR count). The zero-order chi connectivity index (χ0) is 25.4. The van der Waals surface area contributed by atoms with Gasteiger partial charge in [-0.1, -0.05) is 66.7 Å². The summed E-state index contributed by atoms with van der Waals surface area (Å²) in [6.45, 7) is 9.71. The molecule has 0 spiro atoms. The van der Waals surface area contributed by atoms with E-state index in [2.05, 4.69) is 44.7 Å². The van der Waals surface area contributed by atoms with E-state index < -0.39 is 12.1 Å². The topological polar surface area (TPSA) is 70.0 Å². The SMILES string of the molecule is CC(C)N(CC[C@H](c1ccccc1)c1cc(COC(=O)C(O)c2ccccc2)ccc1O)C(C)C. The molecule has 0 saturated carbocycles. The minimum absolute atomic E-state index is 0.0123. The molecule has 3 aromatic carbocycles. The number of aliphatic hydroxyl groups is 1. The minimum atomic E-state index is -1.33. The Hall–Kier alpha value is -3.15. The van der Waals surface area contributed by atoms with Crippen molar-refractivity contribution in [2.75, 3.05) is 6.54 Å². The summed E-state index contributed by atoms with van der Waals surface area (Å²) < 4.78 is 5.41. The van der Waals surface area contributed by atoms with Gasteiger partial charge in [-0.15, -0.1) is 0 Å². The minimum Gasteiger partial charge on any atom is -0.508 e. The van der Waals surface area contributed by atoms with E-state index in [0.29, 0.717) is 17.6 Å². The largest absolute Gasteiger partial charge is 0.508 e. The monoisotopic (exact) mass is 475 g/mol. The summed E-state index contributed by atoms with van der Waals surface area (Å²) in [6.07, 6.45) is -0.493. The van der Waals surface area contributed by atoms with Crippen molar-refractivity contribution < 1.29 is 19.7 Å². The van der Waals surface area contributed by atoms with Gasteiger partial charge in [0.25, 0.3) is 0 Å². The lowest BCUT2D eigenvalue weighted by molar-refractivity contribution is -0.155. The number of phenolic OH excluding ortho intramolecular Hbond substituents is 1. The van der Waals surface area contributed by atoms with Crippen molar-refractivity contribution in [2.45, 2.75) is 64.8 Å². The van der Waals surface area contributed by atoms with E-state index in [9.17, 15) is 15.0 Å². The number of nitrogens with zero attached hydrogens (tertiary/aromatic N) is 1. The van der Waals surface area contributed by atoms with Crippen LogP contribution in [0.1, 0.15) is 68.4 Å². The van der Waals surface area contributed by atoms with Gasteiger partial charge < -0.3 is 14.9 Å². The number of hydrogen-bond donors (Lipinski definition) is 2. The van der Waals surface area contributed by atoms with Gasteiger partial charge in [0, 0.05) is 23.6 Å². The molecule has 5 nitrogen and oxygen atoms in total. The first-order chi connectivity index (χ1) is 16.8. The number of esters is 1. The van der Waals surface area contributed by atoms with Crippen molar-refractivity contribution in [2.24, 2.45) is 0 Å². The van der Waals surface area contributed by atoms with Crippen molar-refractivity contribution >= 4 is 5.97 Å². The molecule has 0 saturated heterocycles. The third kappa shape index (κ3) is 7.17. The highest BCUT2D eigenvalue weighted by Gasteiger charge is 2.23. The molecule has 0 aromatic heterocycles. The smallest absolute Gasteiger partial charge is 0.339 e. The molecule has 2 atom stereocenters. The molecular formula is C30H37NO4. The van der Waals surface area contributed by atoms with Gasteiger partial charge in [-0.3, -0.25) is 4.90 Å². The lowest BCUT2D eigenvalue weighted by atomic mass is 9.86. The molecule has 2 N–H and O–H groups in total. The predicted molar refractivity (Wildman–Crippen MR) is 139 cm³/mol. The van der Waals surface area contributed by atoms with Crippen LogP contribution >= 0.6 is 0 Å². The third-order valence-electron chi connectivity index (χ3n) is 6.39. The van der Waals surface area contributed by atoms with Gasteiger partial charge in [0.2, 0.25) is 0 Å². The molecule has 5 heteroatoms. The van der Waals surface area contributed by atoms with Crippen LogP contribution in [0.2, 0.25) is 0 Å². The summed E-state index contributed by atoms with van der Waals surface area (Å²) in [5.74, 6) is -0.490. The molecule has 186 valence electrons. The van der Waals surface area contributed by atoms with Gasteiger partial charge in [0.15, 0.2) is 6.10 Å². The first kappa shape index (κ1) is 26.5. The van der Waals surface area contributed by atoms with Crippen LogP contribution in [-0.2, 0) is 16.1 Å². The summed E-state index contributed by atoms with van der Waals surface area (Å²) >= 11 is 0. The molecule has 0 aliphatic carbocycles. The summed E-state index contributed by atoms with van der Waals surface area (Å²) in [5.41, 5.74) is 3.19. The van der Waals surface area contributed by atoms with Gasteiger partial charge >= 0.3 is 5.97 Å². The predicted octanol–water partition coefficient (Wildman–Crippen LogP) is 5.81. The molecule has 35 heavy (non-hydrogen) atoms. The fourth-order valence-corrected chi connectivity index (χ4v) is 4.56. The molecule has 0 fully saturated rings. The molecule has 0 bridgehead atoms. The van der Waals surface area contributed by atoms with Gasteiger partial charge in [-0.05, 0) is 69.5 Å². The van der Waals surface area contributed by atoms with E-state index in [1.54, 1.807) is 36.4 Å². The van der Waals surface area contributed by atoms with Crippen LogP contribution in [0.15, 0.2) is 78.9 Å². The third-order valence-corrected chi connectivity index (χ3v) is 6.39. The standard InChI is InChI=1S/C30H37NO4/c1-21(2)31(22(3)4)18-17-26(24-11-7-5-8-12-24)27-19-23(15-16-28(27)32)20-35-30(34)29(33)25-13-9-6-10-14-25/h5-16,19,21-22,26,29,32-33H,17-18,20H2,1-4H3/t26-,29?/m1/s1. The molecule has 0 aliphatic heterocycles. The number of hydrogen-bond acceptors (Lipinski definition) is 5. The van der Waals surface area contributed by atoms with Crippen molar-refractivity contribution in [1.82, 2.24) is 4.90 Å². The van der Waals surface area contributed by atoms with E-state index in [1.807, 2.05) is 30.3 Å². The first-order valence-corrected chi connectivity index (χ1v) is 12.3. The lowest BCUT2D eigenvalue weighted by Gasteiger charge is -2.32. The second kappa shape index (κ2) is 12.5. The van der Waals surface area contributed by atoms with E-state index >= 15 is 0 Å². The number of carbonyl (C=O) groups excluding carboxylic acids is 1. The van der Waals surface area contributed by atoms with Gasteiger partial charge in [-0.2, -0.15) is 0 Å². The van der Waals surface area contributed by atoms with Crippen LogP contribution in [0.25, 0.3) is 0 Å². The molecule has 0 aliphatic rings. The van der Waals surface area contributed by atoms with Crippen LogP contribution in [0.5, 0.6) is 5.75 Å². The van der Waals surface area contributed by atoms with Crippen LogP contribution in [0, 0.1) is 0 Å². The van der Waals surface area contributed by atoms with E-state index in [4.69, 9.17) is 4.74 Å². The van der Waals surface area contributed by atoms with Crippen LogP contribution in [0.3, 0.4) is 0 Å². The van der Waals surface area contributed by atoms with Crippen LogP contribution in [-0.4, -0.2) is 39.7 Å². The maximum absolute atomic E-state index is 12.4. The van der Waals surface area contributed by atoms with Gasteiger partial charge in [0.1, 0.15) is 12.4 Å². The quantitative estimate of drug-likeness (QED) is 0.343. The van der Waals surface area contributed by atoms with Crippen molar-refractivity contribution in [3.8, 4) is 5.75 Å². The molecular weight excluding hydrogens is 438 g/mol. The number of aliphatic hydroxyl groups excluding tert-OH is 1. The number of ether oxygens (including phenoxy) is 1. The molecule has 0 radical (unpaired) electrons. The highest BCUT2D eigenvalue weighted by Crippen LogP contribution is 2.35. The fourth-order valence-electron chi connectivity index (χ4n) is 4.56. The van der Waals surface area contributed by atoms with Crippen LogP contribution < -0.4 is 0 Å². The van der Waals surface area contributed by atoms with Crippen LogP contribution in [0.4, 0.5) is 0 Å². The van der Waals surface area contributed by atoms with Crippen molar-refractivity contribution in [1.29, 1.82) is 0 Å². The summed E-state index contributed by atoms with van der Waals surface area (Å²) in [7, 11) is 0. The average Bonchev–Trinajstić information content (AvgIpc) is 2.86. The number of carbonyl (C=O) groups is 1. The highest BCUT2D eigenvalue weighted by atomic mass is 16.5. The molecule has 0 amide bonds. The number of phenols is 1. The number of aromatic hydroxyl groups is 1. The molecule has 1 unspecified atom stereocenters. The second-order valence-corrected chi connectivity index (χ2v) is 9.49. The average molecular weight is 476 g/mol. The van der Waals surface area contributed by atoms with E-state index in [0.717, 1.165) is 29.7 Å². The first-order valence-electron chi connectivity index (χ1n) is 12.3. The Morgan fingerprint density at radius 3 is 2.00 bits per heavy atom. The zero-order valence-electron chi connectivity index (χ0n) is 21.1. The number of rotatable bonds is 11.